The van der Waals surface area contributed by atoms with Crippen LogP contribution in [0.2, 0.25) is 0 Å². The predicted molar refractivity (Wildman–Crippen MR) is 74.9 cm³/mol. The molecule has 0 heterocycles. The Morgan fingerprint density at radius 3 is 2.45 bits per heavy atom. The Morgan fingerprint density at radius 1 is 1.10 bits per heavy atom. The van der Waals surface area contributed by atoms with E-state index >= 15 is 0 Å². The summed E-state index contributed by atoms with van der Waals surface area (Å²) in [5.41, 5.74) is 6.88. The first-order chi connectivity index (χ1) is 9.54. The van der Waals surface area contributed by atoms with E-state index in [1.54, 1.807) is 30.3 Å². The Balaban J connectivity index is 2.03. The minimum atomic E-state index is -0.820. The monoisotopic (exact) mass is 274 g/mol. The molecular weight excluding hydrogens is 262 g/mol. The maximum absolute atomic E-state index is 13.3. The lowest BCUT2D eigenvalue weighted by Crippen LogP contribution is -2.09. The molecule has 1 amide bonds. The average Bonchev–Trinajstić information content (AvgIpc) is 2.41. The largest absolute Gasteiger partial charge is 0.399 e. The first kappa shape index (κ1) is 13.7. The highest BCUT2D eigenvalue weighted by atomic mass is 19.1. The zero-order valence-corrected chi connectivity index (χ0v) is 10.4. The molecule has 2 aromatic rings. The van der Waals surface area contributed by atoms with Gasteiger partial charge in [0, 0.05) is 17.8 Å². The molecule has 2 aromatic carbocycles. The molecule has 0 aliphatic heterocycles. The summed E-state index contributed by atoms with van der Waals surface area (Å²) in [4.78, 5) is 11.6. The van der Waals surface area contributed by atoms with Crippen molar-refractivity contribution in [1.29, 1.82) is 0 Å². The maximum atomic E-state index is 13.3. The maximum Gasteiger partial charge on any atom is 0.248 e. The van der Waals surface area contributed by atoms with E-state index in [9.17, 15) is 13.6 Å². The molecule has 0 aromatic heterocycles. The molecule has 0 saturated carbocycles. The number of rotatable bonds is 3. The molecule has 0 fully saturated rings. The Kier molecular flexibility index (Phi) is 4.10. The van der Waals surface area contributed by atoms with Gasteiger partial charge in [0.1, 0.15) is 11.6 Å². The molecule has 20 heavy (non-hydrogen) atoms. The minimum absolute atomic E-state index is 0.0710. The van der Waals surface area contributed by atoms with E-state index in [1.807, 2.05) is 0 Å². The Morgan fingerprint density at radius 2 is 1.80 bits per heavy atom. The highest BCUT2D eigenvalue weighted by Gasteiger charge is 2.05. The number of carbonyl (C=O) groups excluding carboxylic acids is 1. The molecule has 0 atom stereocenters. The molecule has 2 rings (SSSR count). The minimum Gasteiger partial charge on any atom is -0.399 e. The van der Waals surface area contributed by atoms with Gasteiger partial charge < -0.3 is 11.1 Å². The van der Waals surface area contributed by atoms with Crippen molar-refractivity contribution in [3.63, 3.8) is 0 Å². The second kappa shape index (κ2) is 5.97. The third kappa shape index (κ3) is 3.65. The van der Waals surface area contributed by atoms with Crippen LogP contribution in [0.5, 0.6) is 0 Å². The molecular formula is C15H12F2N2O. The van der Waals surface area contributed by atoms with Crippen molar-refractivity contribution in [3.05, 3.63) is 65.7 Å². The van der Waals surface area contributed by atoms with Crippen molar-refractivity contribution >= 4 is 23.4 Å². The van der Waals surface area contributed by atoms with Crippen molar-refractivity contribution in [1.82, 2.24) is 0 Å². The van der Waals surface area contributed by atoms with Crippen LogP contribution in [0.3, 0.4) is 0 Å². The van der Waals surface area contributed by atoms with E-state index in [0.29, 0.717) is 11.8 Å². The smallest absolute Gasteiger partial charge is 0.248 e. The summed E-state index contributed by atoms with van der Waals surface area (Å²) in [5.74, 6) is -2.02. The summed E-state index contributed by atoms with van der Waals surface area (Å²) in [5, 5.41) is 2.33. The summed E-state index contributed by atoms with van der Waals surface area (Å²) in [6, 6.07) is 9.85. The number of nitrogens with one attached hydrogen (secondary N) is 1. The van der Waals surface area contributed by atoms with Gasteiger partial charge in [0.25, 0.3) is 0 Å². The highest BCUT2D eigenvalue weighted by Crippen LogP contribution is 2.15. The van der Waals surface area contributed by atoms with Gasteiger partial charge in [-0.2, -0.15) is 0 Å². The first-order valence-corrected chi connectivity index (χ1v) is 5.84. The van der Waals surface area contributed by atoms with Gasteiger partial charge in [-0.3, -0.25) is 4.79 Å². The van der Waals surface area contributed by atoms with E-state index in [1.165, 1.54) is 12.1 Å². The van der Waals surface area contributed by atoms with Crippen molar-refractivity contribution in [2.45, 2.75) is 0 Å². The van der Waals surface area contributed by atoms with Crippen LogP contribution in [0.25, 0.3) is 6.08 Å². The zero-order chi connectivity index (χ0) is 14.5. The van der Waals surface area contributed by atoms with Crippen LogP contribution in [0, 0.1) is 11.6 Å². The van der Waals surface area contributed by atoms with Gasteiger partial charge >= 0.3 is 0 Å². The van der Waals surface area contributed by atoms with Gasteiger partial charge in [-0.1, -0.05) is 12.1 Å². The van der Waals surface area contributed by atoms with Gasteiger partial charge in [-0.25, -0.2) is 8.78 Å². The molecule has 3 N–H and O–H groups in total. The van der Waals surface area contributed by atoms with Crippen LogP contribution in [0.15, 0.2) is 48.5 Å². The molecule has 0 bridgehead atoms. The molecule has 0 aliphatic rings. The predicted octanol–water partition coefficient (Wildman–Crippen LogP) is 3.20. The highest BCUT2D eigenvalue weighted by molar-refractivity contribution is 6.02. The second-order valence-electron chi connectivity index (χ2n) is 4.11. The van der Waals surface area contributed by atoms with Gasteiger partial charge in [0.2, 0.25) is 5.91 Å². The lowest BCUT2D eigenvalue weighted by Gasteiger charge is -2.03. The first-order valence-electron chi connectivity index (χ1n) is 5.84. The van der Waals surface area contributed by atoms with E-state index in [-0.39, 0.29) is 5.69 Å². The molecule has 3 nitrogen and oxygen atoms in total. The van der Waals surface area contributed by atoms with Crippen molar-refractivity contribution < 1.29 is 13.6 Å². The fraction of sp³-hybridized carbons (Fsp3) is 0. The number of nitrogens with two attached hydrogens (primary N) is 1. The van der Waals surface area contributed by atoms with Crippen LogP contribution in [0.4, 0.5) is 20.2 Å². The summed E-state index contributed by atoms with van der Waals surface area (Å²) >= 11 is 0. The quantitative estimate of drug-likeness (QED) is 0.667. The van der Waals surface area contributed by atoms with Crippen molar-refractivity contribution in [2.75, 3.05) is 11.1 Å². The number of nitrogen functional groups attached to an aromatic ring is 1. The fourth-order valence-corrected chi connectivity index (χ4v) is 1.54. The van der Waals surface area contributed by atoms with E-state index in [4.69, 9.17) is 5.73 Å². The molecule has 0 unspecified atom stereocenters. The fourth-order valence-electron chi connectivity index (χ4n) is 1.54. The number of benzene rings is 2. The third-order valence-electron chi connectivity index (χ3n) is 2.55. The van der Waals surface area contributed by atoms with Crippen LogP contribution in [0.1, 0.15) is 5.56 Å². The van der Waals surface area contributed by atoms with Gasteiger partial charge in [0.15, 0.2) is 0 Å². The third-order valence-corrected chi connectivity index (χ3v) is 2.55. The molecule has 0 saturated heterocycles. The Hall–Kier alpha value is -2.69. The summed E-state index contributed by atoms with van der Waals surface area (Å²) in [6.45, 7) is 0. The SMILES string of the molecule is Nc1ccc(/C=C/C(=O)Nc2ccc(F)cc2F)cc1. The van der Waals surface area contributed by atoms with Crippen molar-refractivity contribution in [3.8, 4) is 0 Å². The van der Waals surface area contributed by atoms with Crippen LogP contribution < -0.4 is 11.1 Å². The second-order valence-corrected chi connectivity index (χ2v) is 4.11. The zero-order valence-electron chi connectivity index (χ0n) is 10.4. The van der Waals surface area contributed by atoms with Crippen molar-refractivity contribution in [2.24, 2.45) is 0 Å². The Bertz CT molecular complexity index is 651. The number of halogens is 2. The standard InChI is InChI=1S/C15H12F2N2O/c16-11-4-7-14(13(17)9-11)19-15(20)8-3-10-1-5-12(18)6-2-10/h1-9H,18H2,(H,19,20)/b8-3+. The van der Waals surface area contributed by atoms with Gasteiger partial charge in [0.05, 0.1) is 5.69 Å². The summed E-state index contributed by atoms with van der Waals surface area (Å²) < 4.78 is 26.0. The molecule has 102 valence electrons. The number of hydrogen-bond acceptors (Lipinski definition) is 2. The lowest BCUT2D eigenvalue weighted by atomic mass is 10.2. The molecule has 0 aliphatic carbocycles. The number of hydrogen-bond donors (Lipinski definition) is 2. The topological polar surface area (TPSA) is 55.1 Å². The van der Waals surface area contributed by atoms with E-state index in [2.05, 4.69) is 5.32 Å². The molecule has 0 spiro atoms. The normalized spacial score (nSPS) is 10.7. The lowest BCUT2D eigenvalue weighted by molar-refractivity contribution is -0.111. The van der Waals surface area contributed by atoms with Gasteiger partial charge in [-0.15, -0.1) is 0 Å². The number of carbonyl (C=O) groups is 1. The van der Waals surface area contributed by atoms with Crippen LogP contribution >= 0.6 is 0 Å². The van der Waals surface area contributed by atoms with E-state index < -0.39 is 17.5 Å². The van der Waals surface area contributed by atoms with Crippen LogP contribution in [-0.4, -0.2) is 5.91 Å². The van der Waals surface area contributed by atoms with Gasteiger partial charge in [-0.05, 0) is 35.9 Å². The summed E-state index contributed by atoms with van der Waals surface area (Å²) in [7, 11) is 0. The molecule has 0 radical (unpaired) electrons. The van der Waals surface area contributed by atoms with Crippen LogP contribution in [-0.2, 0) is 4.79 Å². The number of amides is 1. The Labute approximate surface area is 114 Å². The summed E-state index contributed by atoms with van der Waals surface area (Å²) in [6.07, 6.45) is 2.82. The average molecular weight is 274 g/mol. The molecule has 5 heteroatoms. The van der Waals surface area contributed by atoms with E-state index in [0.717, 1.165) is 11.6 Å². The number of anilines is 2.